The Morgan fingerprint density at radius 3 is 2.70 bits per heavy atom. The normalized spacial score (nSPS) is 22.6. The second-order valence-electron chi connectivity index (χ2n) is 4.73. The molecule has 0 radical (unpaired) electrons. The Bertz CT molecular complexity index is 603. The van der Waals surface area contributed by atoms with Crippen LogP contribution in [0.25, 0.3) is 0 Å². The second kappa shape index (κ2) is 6.07. The van der Waals surface area contributed by atoms with Gasteiger partial charge in [0, 0.05) is 29.7 Å². The Labute approximate surface area is 125 Å². The molecule has 0 bridgehead atoms. The summed E-state index contributed by atoms with van der Waals surface area (Å²) >= 11 is 3.16. The summed E-state index contributed by atoms with van der Waals surface area (Å²) in [6.45, 7) is -0.0665. The van der Waals surface area contributed by atoms with E-state index in [0.29, 0.717) is 17.3 Å². The molecule has 8 heteroatoms. The monoisotopic (exact) mass is 366 g/mol. The molecule has 0 aliphatic heterocycles. The van der Waals surface area contributed by atoms with Gasteiger partial charge < -0.3 is 10.5 Å². The summed E-state index contributed by atoms with van der Waals surface area (Å²) in [5.41, 5.74) is 5.57. The number of hydrogen-bond acceptors (Lipinski definition) is 4. The lowest BCUT2D eigenvalue weighted by molar-refractivity contribution is 0.0236. The van der Waals surface area contributed by atoms with Gasteiger partial charge in [-0.25, -0.2) is 17.5 Å². The van der Waals surface area contributed by atoms with E-state index in [9.17, 15) is 12.8 Å². The van der Waals surface area contributed by atoms with E-state index in [-0.39, 0.29) is 29.1 Å². The lowest BCUT2D eigenvalue weighted by atomic mass is 9.90. The third kappa shape index (κ3) is 3.20. The van der Waals surface area contributed by atoms with Crippen LogP contribution in [-0.2, 0) is 21.3 Å². The van der Waals surface area contributed by atoms with Crippen molar-refractivity contribution >= 4 is 26.0 Å². The highest BCUT2D eigenvalue weighted by Gasteiger charge is 2.34. The maximum atomic E-state index is 14.1. The minimum Gasteiger partial charge on any atom is -0.381 e. The molecule has 3 N–H and O–H groups in total. The number of sulfonamides is 1. The maximum absolute atomic E-state index is 14.1. The molecule has 1 aliphatic rings. The molecular weight excluding hydrogens is 351 g/mol. The van der Waals surface area contributed by atoms with Crippen molar-refractivity contribution in [1.29, 1.82) is 0 Å². The molecule has 0 heterocycles. The highest BCUT2D eigenvalue weighted by molar-refractivity contribution is 9.10. The first-order valence-corrected chi connectivity index (χ1v) is 8.38. The zero-order valence-corrected chi connectivity index (χ0v) is 13.3. The van der Waals surface area contributed by atoms with Gasteiger partial charge in [-0.3, -0.25) is 0 Å². The van der Waals surface area contributed by atoms with E-state index < -0.39 is 15.8 Å². The average Bonchev–Trinajstić information content (AvgIpc) is 2.35. The first-order chi connectivity index (χ1) is 9.37. The average molecular weight is 367 g/mol. The molecule has 0 saturated heterocycles. The molecule has 20 heavy (non-hydrogen) atoms. The van der Waals surface area contributed by atoms with Gasteiger partial charge in [0.25, 0.3) is 0 Å². The van der Waals surface area contributed by atoms with E-state index in [2.05, 4.69) is 20.7 Å². The standard InChI is InChI=1S/C12H16BrFN2O3S/c1-19-10-4-9(5-10)16-20(17,18)11-3-8(13)2-7(6-15)12(11)14/h2-3,9-10,16H,4-6,15H2,1H3. The molecule has 1 aliphatic carbocycles. The van der Waals surface area contributed by atoms with Crippen molar-refractivity contribution in [3.05, 3.63) is 28.0 Å². The van der Waals surface area contributed by atoms with Crippen molar-refractivity contribution in [2.75, 3.05) is 7.11 Å². The van der Waals surface area contributed by atoms with Crippen molar-refractivity contribution in [3.8, 4) is 0 Å². The molecular formula is C12H16BrFN2O3S. The Hall–Kier alpha value is -0.540. The molecule has 0 atom stereocenters. The topological polar surface area (TPSA) is 81.4 Å². The minimum absolute atomic E-state index is 0.0645. The van der Waals surface area contributed by atoms with Gasteiger partial charge in [0.05, 0.1) is 6.10 Å². The highest BCUT2D eigenvalue weighted by Crippen LogP contribution is 2.27. The Morgan fingerprint density at radius 1 is 1.50 bits per heavy atom. The van der Waals surface area contributed by atoms with Crippen LogP contribution in [0.3, 0.4) is 0 Å². The summed E-state index contributed by atoms with van der Waals surface area (Å²) in [4.78, 5) is -0.381. The largest absolute Gasteiger partial charge is 0.381 e. The number of nitrogens with one attached hydrogen (secondary N) is 1. The lowest BCUT2D eigenvalue weighted by Crippen LogP contribution is -2.47. The number of benzene rings is 1. The maximum Gasteiger partial charge on any atom is 0.243 e. The van der Waals surface area contributed by atoms with Crippen molar-refractivity contribution in [2.24, 2.45) is 5.73 Å². The van der Waals surface area contributed by atoms with Gasteiger partial charge in [-0.15, -0.1) is 0 Å². The summed E-state index contributed by atoms with van der Waals surface area (Å²) in [5.74, 6) is -0.800. The predicted molar refractivity (Wildman–Crippen MR) is 76.1 cm³/mol. The quantitative estimate of drug-likeness (QED) is 0.827. The van der Waals surface area contributed by atoms with Crippen molar-refractivity contribution in [2.45, 2.75) is 36.4 Å². The number of nitrogens with two attached hydrogens (primary N) is 1. The number of hydrogen-bond donors (Lipinski definition) is 2. The van der Waals surface area contributed by atoms with Crippen molar-refractivity contribution in [3.63, 3.8) is 0 Å². The third-order valence-electron chi connectivity index (χ3n) is 3.34. The van der Waals surface area contributed by atoms with Crippen LogP contribution in [-0.4, -0.2) is 27.7 Å². The van der Waals surface area contributed by atoms with Gasteiger partial charge in [-0.05, 0) is 25.0 Å². The molecule has 1 aromatic carbocycles. The minimum atomic E-state index is -3.90. The van der Waals surface area contributed by atoms with Gasteiger partial charge >= 0.3 is 0 Å². The van der Waals surface area contributed by atoms with Crippen LogP contribution < -0.4 is 10.5 Å². The molecule has 2 rings (SSSR count). The van der Waals surface area contributed by atoms with Crippen LogP contribution in [0, 0.1) is 5.82 Å². The van der Waals surface area contributed by atoms with Gasteiger partial charge in [-0.2, -0.15) is 0 Å². The Balaban J connectivity index is 2.24. The third-order valence-corrected chi connectivity index (χ3v) is 5.32. The lowest BCUT2D eigenvalue weighted by Gasteiger charge is -2.34. The van der Waals surface area contributed by atoms with Crippen LogP contribution in [0.4, 0.5) is 4.39 Å². The zero-order valence-electron chi connectivity index (χ0n) is 10.9. The van der Waals surface area contributed by atoms with Gasteiger partial charge in [0.1, 0.15) is 10.7 Å². The Kier molecular flexibility index (Phi) is 4.80. The molecule has 0 amide bonds. The fraction of sp³-hybridized carbons (Fsp3) is 0.500. The van der Waals surface area contributed by atoms with Gasteiger partial charge in [0.15, 0.2) is 0 Å². The van der Waals surface area contributed by atoms with Crippen LogP contribution in [0.1, 0.15) is 18.4 Å². The summed E-state index contributed by atoms with van der Waals surface area (Å²) in [6, 6.07) is 2.49. The summed E-state index contributed by atoms with van der Waals surface area (Å²) in [7, 11) is -2.32. The van der Waals surface area contributed by atoms with Crippen molar-refractivity contribution < 1.29 is 17.5 Å². The highest BCUT2D eigenvalue weighted by atomic mass is 79.9. The number of rotatable bonds is 5. The van der Waals surface area contributed by atoms with Crippen LogP contribution in [0.5, 0.6) is 0 Å². The molecule has 0 spiro atoms. The number of ether oxygens (including phenoxy) is 1. The van der Waals surface area contributed by atoms with Crippen LogP contribution in [0.2, 0.25) is 0 Å². The van der Waals surface area contributed by atoms with E-state index >= 15 is 0 Å². The fourth-order valence-electron chi connectivity index (χ4n) is 2.10. The van der Waals surface area contributed by atoms with E-state index in [4.69, 9.17) is 10.5 Å². The van der Waals surface area contributed by atoms with E-state index in [0.717, 1.165) is 0 Å². The van der Waals surface area contributed by atoms with E-state index in [1.54, 1.807) is 7.11 Å². The number of methoxy groups -OCH3 is 1. The molecule has 112 valence electrons. The summed E-state index contributed by atoms with van der Waals surface area (Å²) in [6.07, 6.45) is 1.25. The van der Waals surface area contributed by atoms with Crippen molar-refractivity contribution in [1.82, 2.24) is 4.72 Å². The molecule has 1 saturated carbocycles. The van der Waals surface area contributed by atoms with Gasteiger partial charge in [-0.1, -0.05) is 15.9 Å². The van der Waals surface area contributed by atoms with E-state index in [1.165, 1.54) is 12.1 Å². The second-order valence-corrected chi connectivity index (χ2v) is 7.33. The van der Waals surface area contributed by atoms with Crippen LogP contribution in [0.15, 0.2) is 21.5 Å². The first-order valence-electron chi connectivity index (χ1n) is 6.10. The molecule has 1 fully saturated rings. The predicted octanol–water partition coefficient (Wildman–Crippen LogP) is 1.50. The van der Waals surface area contributed by atoms with E-state index in [1.807, 2.05) is 0 Å². The Morgan fingerprint density at radius 2 is 2.15 bits per heavy atom. The summed E-state index contributed by atoms with van der Waals surface area (Å²) in [5, 5.41) is 0. The molecule has 0 unspecified atom stereocenters. The first kappa shape index (κ1) is 15.8. The zero-order chi connectivity index (χ0) is 14.9. The molecule has 1 aromatic rings. The number of halogens is 2. The summed E-state index contributed by atoms with van der Waals surface area (Å²) < 4.78 is 46.6. The molecule has 5 nitrogen and oxygen atoms in total. The molecule has 0 aromatic heterocycles. The fourth-order valence-corrected chi connectivity index (χ4v) is 4.16. The smallest absolute Gasteiger partial charge is 0.243 e. The van der Waals surface area contributed by atoms with Gasteiger partial charge in [0.2, 0.25) is 10.0 Å². The SMILES string of the molecule is COC1CC(NS(=O)(=O)c2cc(Br)cc(CN)c2F)C1. The van der Waals surface area contributed by atoms with Crippen LogP contribution >= 0.6 is 15.9 Å².